The van der Waals surface area contributed by atoms with E-state index in [0.717, 1.165) is 0 Å². The van der Waals surface area contributed by atoms with E-state index in [9.17, 15) is 8.42 Å². The van der Waals surface area contributed by atoms with Crippen LogP contribution in [0.25, 0.3) is 0 Å². The van der Waals surface area contributed by atoms with E-state index in [-0.39, 0.29) is 17.0 Å². The van der Waals surface area contributed by atoms with Crippen LogP contribution in [0.4, 0.5) is 0 Å². The maximum absolute atomic E-state index is 12.0. The van der Waals surface area contributed by atoms with Gasteiger partial charge in [-0.25, -0.2) is 13.1 Å². The average molecular weight is 251 g/mol. The van der Waals surface area contributed by atoms with Gasteiger partial charge in [-0.3, -0.25) is 0 Å². The molecule has 0 aromatic heterocycles. The number of benzene rings is 1. The molecule has 0 heterocycles. The van der Waals surface area contributed by atoms with Crippen molar-refractivity contribution in [2.75, 3.05) is 0 Å². The molecule has 1 aromatic rings. The second-order valence-electron chi connectivity index (χ2n) is 4.22. The van der Waals surface area contributed by atoms with E-state index in [1.807, 2.05) is 6.07 Å². The van der Waals surface area contributed by atoms with Gasteiger partial charge in [0.2, 0.25) is 10.0 Å². The topological polar surface area (TPSA) is 96.0 Å². The van der Waals surface area contributed by atoms with Gasteiger partial charge in [0.15, 0.2) is 0 Å². The van der Waals surface area contributed by atoms with Gasteiger partial charge in [0.25, 0.3) is 0 Å². The number of nitrogens with one attached hydrogen (secondary N) is 1. The molecule has 1 fully saturated rings. The molecule has 0 aliphatic heterocycles. The summed E-state index contributed by atoms with van der Waals surface area (Å²) in [5, 5.41) is 8.71. The largest absolute Gasteiger partial charge is 0.326 e. The van der Waals surface area contributed by atoms with Crippen LogP contribution in [-0.4, -0.2) is 20.5 Å². The molecule has 0 bridgehead atoms. The fourth-order valence-corrected chi connectivity index (χ4v) is 3.16. The minimum absolute atomic E-state index is 0.0801. The molecule has 1 saturated carbocycles. The van der Waals surface area contributed by atoms with E-state index in [2.05, 4.69) is 4.72 Å². The van der Waals surface area contributed by atoms with Crippen LogP contribution in [0.3, 0.4) is 0 Å². The highest BCUT2D eigenvalue weighted by Crippen LogP contribution is 2.23. The van der Waals surface area contributed by atoms with Gasteiger partial charge < -0.3 is 5.73 Å². The lowest BCUT2D eigenvalue weighted by Crippen LogP contribution is -2.30. The number of nitrogens with zero attached hydrogens (tertiary/aromatic N) is 1. The molecule has 17 heavy (non-hydrogen) atoms. The zero-order valence-corrected chi connectivity index (χ0v) is 10.2. The Labute approximate surface area is 100 Å². The molecule has 2 rings (SSSR count). The predicted molar refractivity (Wildman–Crippen MR) is 62.6 cm³/mol. The van der Waals surface area contributed by atoms with Crippen LogP contribution in [-0.2, 0) is 10.0 Å². The summed E-state index contributed by atoms with van der Waals surface area (Å²) in [6.07, 6.45) is 0.675. The molecule has 1 aliphatic carbocycles. The van der Waals surface area contributed by atoms with E-state index < -0.39 is 10.0 Å². The van der Waals surface area contributed by atoms with Crippen LogP contribution in [0.2, 0.25) is 0 Å². The number of aryl methyl sites for hydroxylation is 1. The monoisotopic (exact) mass is 251 g/mol. The van der Waals surface area contributed by atoms with E-state index in [1.165, 1.54) is 12.1 Å². The molecule has 2 atom stereocenters. The zero-order valence-electron chi connectivity index (χ0n) is 9.34. The van der Waals surface area contributed by atoms with Crippen molar-refractivity contribution in [3.8, 4) is 6.07 Å². The first-order chi connectivity index (χ1) is 7.94. The fourth-order valence-electron chi connectivity index (χ4n) is 1.63. The molecule has 5 nitrogen and oxygen atoms in total. The smallest absolute Gasteiger partial charge is 0.241 e. The summed E-state index contributed by atoms with van der Waals surface area (Å²) in [7, 11) is -3.53. The van der Waals surface area contributed by atoms with Gasteiger partial charge in [-0.15, -0.1) is 0 Å². The Morgan fingerprint density at radius 1 is 1.53 bits per heavy atom. The highest BCUT2D eigenvalue weighted by molar-refractivity contribution is 7.89. The summed E-state index contributed by atoms with van der Waals surface area (Å²) in [5.41, 5.74) is 6.58. The summed E-state index contributed by atoms with van der Waals surface area (Å²) in [6.45, 7) is 1.67. The third-order valence-electron chi connectivity index (χ3n) is 2.74. The normalized spacial score (nSPS) is 23.1. The lowest BCUT2D eigenvalue weighted by molar-refractivity contribution is 0.579. The van der Waals surface area contributed by atoms with Crippen LogP contribution in [0.1, 0.15) is 17.5 Å². The standard InChI is InChI=1S/C11H13N3O2S/c1-7-4-8(6-12)2-3-11(7)17(15,16)14-10-5-9(10)13/h2-4,9-10,14H,5,13H2,1H3. The summed E-state index contributed by atoms with van der Waals surface area (Å²) >= 11 is 0. The van der Waals surface area contributed by atoms with Crippen molar-refractivity contribution in [1.82, 2.24) is 4.72 Å². The van der Waals surface area contributed by atoms with Crippen molar-refractivity contribution in [1.29, 1.82) is 5.26 Å². The lowest BCUT2D eigenvalue weighted by atomic mass is 10.2. The van der Waals surface area contributed by atoms with Gasteiger partial charge in [0.05, 0.1) is 16.5 Å². The third-order valence-corrected chi connectivity index (χ3v) is 4.39. The average Bonchev–Trinajstić information content (AvgIpc) is 2.92. The first kappa shape index (κ1) is 12.0. The highest BCUT2D eigenvalue weighted by atomic mass is 32.2. The van der Waals surface area contributed by atoms with Gasteiger partial charge in [-0.1, -0.05) is 0 Å². The van der Waals surface area contributed by atoms with Gasteiger partial charge in [-0.05, 0) is 37.1 Å². The quantitative estimate of drug-likeness (QED) is 0.804. The summed E-state index contributed by atoms with van der Waals surface area (Å²) < 4.78 is 26.5. The molecule has 1 aromatic carbocycles. The van der Waals surface area contributed by atoms with Gasteiger partial charge in [0, 0.05) is 12.1 Å². The van der Waals surface area contributed by atoms with E-state index in [0.29, 0.717) is 17.5 Å². The summed E-state index contributed by atoms with van der Waals surface area (Å²) in [4.78, 5) is 0.204. The molecule has 90 valence electrons. The van der Waals surface area contributed by atoms with E-state index in [4.69, 9.17) is 11.0 Å². The van der Waals surface area contributed by atoms with Crippen LogP contribution < -0.4 is 10.5 Å². The molecule has 0 saturated heterocycles. The molecule has 0 amide bonds. The van der Waals surface area contributed by atoms with Crippen LogP contribution in [0, 0.1) is 18.3 Å². The fraction of sp³-hybridized carbons (Fsp3) is 0.364. The molecular formula is C11H13N3O2S. The molecule has 6 heteroatoms. The summed E-state index contributed by atoms with van der Waals surface area (Å²) in [5.74, 6) is 0. The SMILES string of the molecule is Cc1cc(C#N)ccc1S(=O)(=O)NC1CC1N. The van der Waals surface area contributed by atoms with Crippen LogP contribution >= 0.6 is 0 Å². The number of hydrogen-bond donors (Lipinski definition) is 2. The van der Waals surface area contributed by atoms with E-state index >= 15 is 0 Å². The third kappa shape index (κ3) is 2.47. The molecule has 0 spiro atoms. The number of sulfonamides is 1. The first-order valence-corrected chi connectivity index (χ1v) is 6.71. The molecular weight excluding hydrogens is 238 g/mol. The Balaban J connectivity index is 2.30. The molecule has 1 aliphatic rings. The predicted octanol–water partition coefficient (Wildman–Crippen LogP) is 0.245. The first-order valence-electron chi connectivity index (χ1n) is 5.23. The number of hydrogen-bond acceptors (Lipinski definition) is 4. The zero-order chi connectivity index (χ0) is 12.6. The van der Waals surface area contributed by atoms with Crippen molar-refractivity contribution >= 4 is 10.0 Å². The van der Waals surface area contributed by atoms with Crippen molar-refractivity contribution < 1.29 is 8.42 Å². The van der Waals surface area contributed by atoms with Gasteiger partial charge in [-0.2, -0.15) is 5.26 Å². The minimum atomic E-state index is -3.53. The second kappa shape index (κ2) is 4.11. The Hall–Kier alpha value is -1.42. The van der Waals surface area contributed by atoms with Crippen molar-refractivity contribution in [2.45, 2.75) is 30.3 Å². The molecule has 2 unspecified atom stereocenters. The van der Waals surface area contributed by atoms with Gasteiger partial charge >= 0.3 is 0 Å². The number of nitriles is 1. The minimum Gasteiger partial charge on any atom is -0.326 e. The van der Waals surface area contributed by atoms with Crippen molar-refractivity contribution in [2.24, 2.45) is 5.73 Å². The van der Waals surface area contributed by atoms with Gasteiger partial charge in [0.1, 0.15) is 0 Å². The Morgan fingerprint density at radius 2 is 2.18 bits per heavy atom. The van der Waals surface area contributed by atoms with E-state index in [1.54, 1.807) is 13.0 Å². The number of nitrogens with two attached hydrogens (primary N) is 1. The molecule has 0 radical (unpaired) electrons. The molecule has 3 N–H and O–H groups in total. The maximum atomic E-state index is 12.0. The number of rotatable bonds is 3. The summed E-state index contributed by atoms with van der Waals surface area (Å²) in [6, 6.07) is 6.23. The lowest BCUT2D eigenvalue weighted by Gasteiger charge is -2.08. The highest BCUT2D eigenvalue weighted by Gasteiger charge is 2.37. The van der Waals surface area contributed by atoms with Crippen LogP contribution in [0.15, 0.2) is 23.1 Å². The second-order valence-corrected chi connectivity index (χ2v) is 5.90. The Bertz CT molecular complexity index is 589. The van der Waals surface area contributed by atoms with Crippen molar-refractivity contribution in [3.05, 3.63) is 29.3 Å². The Morgan fingerprint density at radius 3 is 2.65 bits per heavy atom. The Kier molecular flexibility index (Phi) is 2.91. The maximum Gasteiger partial charge on any atom is 0.241 e. The van der Waals surface area contributed by atoms with Crippen LogP contribution in [0.5, 0.6) is 0 Å². The van der Waals surface area contributed by atoms with Crippen molar-refractivity contribution in [3.63, 3.8) is 0 Å².